The predicted octanol–water partition coefficient (Wildman–Crippen LogP) is 4.31. The standard InChI is InChI=1S/C25H25ClFN5O4/c1-3-23(33)31-21-10-17-20(28-14-29-25(17)30-16-5-6-19(27)18(26)9-16)11-22(21)35-8-4-7-32-12-15(2)36-24(34)13-32/h3,5-6,9-11,14-15H,1,4,7-8,12-13H2,2H3,(H,31,33)(H,28,29,30)/t15-/m1/s1. The average Bonchev–Trinajstić information content (AvgIpc) is 2.84. The highest BCUT2D eigenvalue weighted by Crippen LogP contribution is 2.34. The van der Waals surface area contributed by atoms with E-state index in [0.29, 0.717) is 60.0 Å². The summed E-state index contributed by atoms with van der Waals surface area (Å²) in [5, 5.41) is 6.44. The lowest BCUT2D eigenvalue weighted by Crippen LogP contribution is -2.44. The Hall–Kier alpha value is -3.76. The summed E-state index contributed by atoms with van der Waals surface area (Å²) >= 11 is 5.89. The smallest absolute Gasteiger partial charge is 0.320 e. The van der Waals surface area contributed by atoms with Crippen molar-refractivity contribution in [3.63, 3.8) is 0 Å². The van der Waals surface area contributed by atoms with Gasteiger partial charge in [0, 0.05) is 30.2 Å². The number of cyclic esters (lactones) is 1. The number of esters is 1. The molecule has 0 bridgehead atoms. The van der Waals surface area contributed by atoms with Crippen LogP contribution in [0.5, 0.6) is 5.75 Å². The van der Waals surface area contributed by atoms with Crippen LogP contribution in [0, 0.1) is 5.82 Å². The fraction of sp³-hybridized carbons (Fsp3) is 0.280. The highest BCUT2D eigenvalue weighted by atomic mass is 35.5. The first kappa shape index (κ1) is 25.3. The van der Waals surface area contributed by atoms with E-state index in [0.717, 1.165) is 6.08 Å². The van der Waals surface area contributed by atoms with Gasteiger partial charge in [-0.1, -0.05) is 18.2 Å². The third kappa shape index (κ3) is 6.27. The van der Waals surface area contributed by atoms with Crippen LogP contribution in [0.25, 0.3) is 10.9 Å². The molecule has 0 spiro atoms. The van der Waals surface area contributed by atoms with Crippen molar-refractivity contribution in [3.8, 4) is 5.75 Å². The minimum absolute atomic E-state index is 0.0242. The van der Waals surface area contributed by atoms with E-state index in [1.165, 1.54) is 24.5 Å². The van der Waals surface area contributed by atoms with Crippen LogP contribution >= 0.6 is 11.6 Å². The topological polar surface area (TPSA) is 106 Å². The molecule has 11 heteroatoms. The summed E-state index contributed by atoms with van der Waals surface area (Å²) in [7, 11) is 0. The first-order chi connectivity index (χ1) is 17.3. The number of anilines is 3. The maximum atomic E-state index is 13.5. The highest BCUT2D eigenvalue weighted by molar-refractivity contribution is 6.31. The molecule has 1 aliphatic rings. The third-order valence-electron chi connectivity index (χ3n) is 5.44. The van der Waals surface area contributed by atoms with Crippen molar-refractivity contribution in [2.45, 2.75) is 19.4 Å². The van der Waals surface area contributed by atoms with Gasteiger partial charge in [-0.05, 0) is 43.7 Å². The number of ether oxygens (including phenoxy) is 2. The van der Waals surface area contributed by atoms with Gasteiger partial charge in [-0.3, -0.25) is 14.5 Å². The van der Waals surface area contributed by atoms with Crippen LogP contribution in [-0.2, 0) is 14.3 Å². The maximum Gasteiger partial charge on any atom is 0.320 e. The fourth-order valence-electron chi connectivity index (χ4n) is 3.85. The Morgan fingerprint density at radius 3 is 2.94 bits per heavy atom. The molecule has 1 atom stereocenters. The number of hydrogen-bond donors (Lipinski definition) is 2. The zero-order valence-corrected chi connectivity index (χ0v) is 20.3. The Morgan fingerprint density at radius 1 is 1.36 bits per heavy atom. The van der Waals surface area contributed by atoms with E-state index < -0.39 is 11.7 Å². The molecule has 36 heavy (non-hydrogen) atoms. The van der Waals surface area contributed by atoms with Crippen LogP contribution in [0.4, 0.5) is 21.6 Å². The minimum atomic E-state index is -0.527. The van der Waals surface area contributed by atoms with E-state index >= 15 is 0 Å². The first-order valence-electron chi connectivity index (χ1n) is 11.3. The third-order valence-corrected chi connectivity index (χ3v) is 5.73. The van der Waals surface area contributed by atoms with Crippen LogP contribution in [0.15, 0.2) is 49.3 Å². The normalized spacial score (nSPS) is 15.9. The lowest BCUT2D eigenvalue weighted by atomic mass is 10.1. The van der Waals surface area contributed by atoms with Gasteiger partial charge in [-0.2, -0.15) is 0 Å². The summed E-state index contributed by atoms with van der Waals surface area (Å²) < 4.78 is 24.7. The number of carbonyl (C=O) groups excluding carboxylic acids is 2. The van der Waals surface area contributed by atoms with Crippen LogP contribution in [0.3, 0.4) is 0 Å². The highest BCUT2D eigenvalue weighted by Gasteiger charge is 2.23. The molecular formula is C25H25ClFN5O4. The molecule has 0 saturated carbocycles. The van der Waals surface area contributed by atoms with E-state index in [2.05, 4.69) is 27.2 Å². The van der Waals surface area contributed by atoms with Gasteiger partial charge < -0.3 is 20.1 Å². The van der Waals surface area contributed by atoms with Crippen LogP contribution in [-0.4, -0.2) is 59.1 Å². The molecule has 3 aromatic rings. The number of hydrogen-bond acceptors (Lipinski definition) is 8. The zero-order chi connectivity index (χ0) is 25.7. The van der Waals surface area contributed by atoms with Crippen LogP contribution in [0.2, 0.25) is 5.02 Å². The summed E-state index contributed by atoms with van der Waals surface area (Å²) in [5.74, 6) is -0.295. The molecule has 1 aromatic heterocycles. The molecule has 188 valence electrons. The van der Waals surface area contributed by atoms with Gasteiger partial charge in [0.15, 0.2) is 0 Å². The number of halogens is 2. The number of fused-ring (bicyclic) bond motifs is 1. The molecule has 2 aromatic carbocycles. The van der Waals surface area contributed by atoms with Crippen molar-refractivity contribution in [2.24, 2.45) is 0 Å². The first-order valence-corrected chi connectivity index (χ1v) is 11.7. The Labute approximate surface area is 212 Å². The second-order valence-corrected chi connectivity index (χ2v) is 8.68. The Balaban J connectivity index is 1.53. The number of amides is 1. The van der Waals surface area contributed by atoms with Gasteiger partial charge in [0.05, 0.1) is 29.4 Å². The number of aromatic nitrogens is 2. The second-order valence-electron chi connectivity index (χ2n) is 8.27. The lowest BCUT2D eigenvalue weighted by Gasteiger charge is -2.30. The van der Waals surface area contributed by atoms with Gasteiger partial charge in [-0.25, -0.2) is 14.4 Å². The van der Waals surface area contributed by atoms with E-state index in [9.17, 15) is 14.0 Å². The molecule has 1 saturated heterocycles. The number of benzene rings is 2. The van der Waals surface area contributed by atoms with Crippen LogP contribution in [0.1, 0.15) is 13.3 Å². The second kappa shape index (κ2) is 11.3. The molecule has 0 radical (unpaired) electrons. The minimum Gasteiger partial charge on any atom is -0.491 e. The predicted molar refractivity (Wildman–Crippen MR) is 135 cm³/mol. The average molecular weight is 514 g/mol. The van der Waals surface area contributed by atoms with Crippen molar-refractivity contribution < 1.29 is 23.5 Å². The Morgan fingerprint density at radius 2 is 2.19 bits per heavy atom. The monoisotopic (exact) mass is 513 g/mol. The number of carbonyl (C=O) groups is 2. The fourth-order valence-corrected chi connectivity index (χ4v) is 4.03. The van der Waals surface area contributed by atoms with Crippen molar-refractivity contribution in [3.05, 3.63) is 60.2 Å². The maximum absolute atomic E-state index is 13.5. The van der Waals surface area contributed by atoms with Gasteiger partial charge >= 0.3 is 5.97 Å². The van der Waals surface area contributed by atoms with Gasteiger partial charge in [0.25, 0.3) is 0 Å². The quantitative estimate of drug-likeness (QED) is 0.248. The summed E-state index contributed by atoms with van der Waals surface area (Å²) in [6.07, 6.45) is 3.07. The molecule has 4 rings (SSSR count). The van der Waals surface area contributed by atoms with E-state index in [-0.39, 0.29) is 23.6 Å². The molecule has 1 amide bonds. The lowest BCUT2D eigenvalue weighted by molar-refractivity contribution is -0.157. The summed E-state index contributed by atoms with van der Waals surface area (Å²) in [6.45, 7) is 7.31. The molecular weight excluding hydrogens is 489 g/mol. The molecule has 2 heterocycles. The van der Waals surface area contributed by atoms with E-state index in [1.807, 2.05) is 11.8 Å². The van der Waals surface area contributed by atoms with Crippen molar-refractivity contribution >= 4 is 51.6 Å². The summed E-state index contributed by atoms with van der Waals surface area (Å²) in [6, 6.07) is 7.64. The van der Waals surface area contributed by atoms with Crippen molar-refractivity contribution in [1.29, 1.82) is 0 Å². The largest absolute Gasteiger partial charge is 0.491 e. The Kier molecular flexibility index (Phi) is 7.97. The molecule has 0 aliphatic carbocycles. The van der Waals surface area contributed by atoms with Gasteiger partial charge in [0.1, 0.15) is 29.8 Å². The number of morpholine rings is 1. The number of rotatable bonds is 9. The molecule has 1 fully saturated rings. The molecule has 9 nitrogen and oxygen atoms in total. The number of nitrogens with one attached hydrogen (secondary N) is 2. The SMILES string of the molecule is C=CC(=O)Nc1cc2c(Nc3ccc(F)c(Cl)c3)ncnc2cc1OCCCN1CC(=O)O[C@H](C)C1. The van der Waals surface area contributed by atoms with Crippen LogP contribution < -0.4 is 15.4 Å². The van der Waals surface area contributed by atoms with Crippen molar-refractivity contribution in [1.82, 2.24) is 14.9 Å². The van der Waals surface area contributed by atoms with Gasteiger partial charge in [-0.15, -0.1) is 0 Å². The molecule has 1 aliphatic heterocycles. The zero-order valence-electron chi connectivity index (χ0n) is 19.6. The van der Waals surface area contributed by atoms with E-state index in [1.54, 1.807) is 12.1 Å². The molecule has 2 N–H and O–H groups in total. The summed E-state index contributed by atoms with van der Waals surface area (Å²) in [5.41, 5.74) is 1.52. The van der Waals surface area contributed by atoms with E-state index in [4.69, 9.17) is 21.1 Å². The molecule has 0 unspecified atom stereocenters. The van der Waals surface area contributed by atoms with Crippen molar-refractivity contribution in [2.75, 3.05) is 36.9 Å². The summed E-state index contributed by atoms with van der Waals surface area (Å²) in [4.78, 5) is 34.3. The van der Waals surface area contributed by atoms with Gasteiger partial charge in [0.2, 0.25) is 5.91 Å². The number of nitrogens with zero attached hydrogens (tertiary/aromatic N) is 3. The Bertz CT molecular complexity index is 1300.